The largest absolute Gasteiger partial charge is 0.493 e. The molecule has 0 aliphatic carbocycles. The van der Waals surface area contributed by atoms with Crippen molar-refractivity contribution in [3.05, 3.63) is 47.5 Å². The number of rotatable bonds is 9. The van der Waals surface area contributed by atoms with Gasteiger partial charge in [-0.05, 0) is 54.5 Å². The molecule has 2 aromatic rings. The maximum Gasteiger partial charge on any atom is 0.341 e. The summed E-state index contributed by atoms with van der Waals surface area (Å²) in [4.78, 5) is 10.7. The maximum absolute atomic E-state index is 10.7. The van der Waals surface area contributed by atoms with Crippen molar-refractivity contribution in [2.24, 2.45) is 0 Å². The molecule has 0 fully saturated rings. The molecule has 0 radical (unpaired) electrons. The summed E-state index contributed by atoms with van der Waals surface area (Å²) >= 11 is 0. The molecule has 0 aliphatic rings. The number of hydrogen-bond acceptors (Lipinski definition) is 6. The highest BCUT2D eigenvalue weighted by Crippen LogP contribution is 2.33. The van der Waals surface area contributed by atoms with Crippen LogP contribution in [0.15, 0.2) is 36.4 Å². The van der Waals surface area contributed by atoms with E-state index in [2.05, 4.69) is 6.07 Å². The van der Waals surface area contributed by atoms with Crippen LogP contribution < -0.4 is 18.9 Å². The van der Waals surface area contributed by atoms with Gasteiger partial charge in [0.2, 0.25) is 0 Å². The topological polar surface area (TPSA) is 98.0 Å². The van der Waals surface area contributed by atoms with Crippen molar-refractivity contribution in [2.45, 2.75) is 6.92 Å². The van der Waals surface area contributed by atoms with E-state index in [1.54, 1.807) is 49.6 Å². The quantitative estimate of drug-likeness (QED) is 0.521. The normalized spacial score (nSPS) is 10.7. The van der Waals surface area contributed by atoms with Crippen LogP contribution in [0.5, 0.6) is 23.0 Å². The average Bonchev–Trinajstić information content (AvgIpc) is 2.71. The number of aliphatic carboxylic acids is 1. The Kier molecular flexibility index (Phi) is 7.28. The molecule has 0 saturated carbocycles. The first-order valence-electron chi connectivity index (χ1n) is 8.48. The van der Waals surface area contributed by atoms with Gasteiger partial charge in [-0.15, -0.1) is 0 Å². The summed E-state index contributed by atoms with van der Waals surface area (Å²) in [6.07, 6.45) is 1.70. The minimum absolute atomic E-state index is 0.325. The van der Waals surface area contributed by atoms with Gasteiger partial charge in [0.25, 0.3) is 0 Å². The van der Waals surface area contributed by atoms with E-state index in [1.165, 1.54) is 7.11 Å². The van der Waals surface area contributed by atoms with Crippen LogP contribution in [0, 0.1) is 11.3 Å². The average molecular weight is 383 g/mol. The lowest BCUT2D eigenvalue weighted by molar-refractivity contribution is -0.139. The fraction of sp³-hybridized carbons (Fsp3) is 0.238. The number of carbonyl (C=O) groups is 1. The van der Waals surface area contributed by atoms with Gasteiger partial charge in [-0.25, -0.2) is 4.79 Å². The molecule has 28 heavy (non-hydrogen) atoms. The number of carboxylic acid groups (broad SMARTS) is 1. The second kappa shape index (κ2) is 9.88. The molecule has 0 aliphatic heterocycles. The molecule has 146 valence electrons. The fourth-order valence-corrected chi connectivity index (χ4v) is 2.49. The van der Waals surface area contributed by atoms with Gasteiger partial charge in [0, 0.05) is 0 Å². The van der Waals surface area contributed by atoms with E-state index in [0.29, 0.717) is 46.3 Å². The molecular formula is C21H21NO6. The van der Waals surface area contributed by atoms with Crippen molar-refractivity contribution in [1.82, 2.24) is 0 Å². The van der Waals surface area contributed by atoms with Crippen molar-refractivity contribution in [3.63, 3.8) is 0 Å². The second-order valence-electron chi connectivity index (χ2n) is 5.56. The molecule has 1 N–H and O–H groups in total. The first-order chi connectivity index (χ1) is 13.5. The zero-order valence-corrected chi connectivity index (χ0v) is 15.9. The summed E-state index contributed by atoms with van der Waals surface area (Å²) in [5.41, 5.74) is 1.80. The molecule has 0 atom stereocenters. The van der Waals surface area contributed by atoms with Crippen molar-refractivity contribution < 1.29 is 28.8 Å². The summed E-state index contributed by atoms with van der Waals surface area (Å²) in [5, 5.41) is 18.4. The summed E-state index contributed by atoms with van der Waals surface area (Å²) in [6.45, 7) is 1.73. The minimum Gasteiger partial charge on any atom is -0.493 e. The molecule has 0 saturated heterocycles. The first-order valence-corrected chi connectivity index (χ1v) is 8.48. The predicted molar refractivity (Wildman–Crippen MR) is 104 cm³/mol. The third-order valence-electron chi connectivity index (χ3n) is 3.74. The second-order valence-corrected chi connectivity index (χ2v) is 5.56. The summed E-state index contributed by atoms with van der Waals surface area (Å²) in [5.74, 6) is 0.746. The SMILES string of the molecule is CCOc1cc(/C=C(\C#N)c2ccc(OC)c(OC)c2)ccc1OCC(=O)O. The Hall–Kier alpha value is -3.66. The van der Waals surface area contributed by atoms with Gasteiger partial charge in [-0.3, -0.25) is 0 Å². The predicted octanol–water partition coefficient (Wildman–Crippen LogP) is 3.63. The van der Waals surface area contributed by atoms with Crippen LogP contribution in [0.4, 0.5) is 0 Å². The molecule has 0 unspecified atom stereocenters. The first kappa shape index (κ1) is 20.6. The van der Waals surface area contributed by atoms with E-state index in [1.807, 2.05) is 6.92 Å². The van der Waals surface area contributed by atoms with Crippen molar-refractivity contribution >= 4 is 17.6 Å². The molecule has 0 aromatic heterocycles. The van der Waals surface area contributed by atoms with Crippen LogP contribution in [-0.2, 0) is 4.79 Å². The highest BCUT2D eigenvalue weighted by Gasteiger charge is 2.11. The van der Waals surface area contributed by atoms with Crippen LogP contribution in [0.25, 0.3) is 11.6 Å². The lowest BCUT2D eigenvalue weighted by Gasteiger charge is -2.12. The van der Waals surface area contributed by atoms with Gasteiger partial charge < -0.3 is 24.1 Å². The number of benzene rings is 2. The molecular weight excluding hydrogens is 362 g/mol. The Balaban J connectivity index is 2.39. The van der Waals surface area contributed by atoms with Gasteiger partial charge in [0.1, 0.15) is 0 Å². The van der Waals surface area contributed by atoms with Gasteiger partial charge in [0.05, 0.1) is 32.5 Å². The Morgan fingerprint density at radius 3 is 2.36 bits per heavy atom. The van der Waals surface area contributed by atoms with Crippen LogP contribution >= 0.6 is 0 Å². The highest BCUT2D eigenvalue weighted by atomic mass is 16.5. The number of methoxy groups -OCH3 is 2. The van der Waals surface area contributed by atoms with E-state index in [9.17, 15) is 10.1 Å². The molecule has 0 bridgehead atoms. The smallest absolute Gasteiger partial charge is 0.341 e. The zero-order valence-electron chi connectivity index (χ0n) is 15.9. The van der Waals surface area contributed by atoms with Gasteiger partial charge in [-0.1, -0.05) is 6.07 Å². The number of nitrogens with zero attached hydrogens (tertiary/aromatic N) is 1. The van der Waals surface area contributed by atoms with Gasteiger partial charge in [0.15, 0.2) is 29.6 Å². The minimum atomic E-state index is -1.08. The number of carboxylic acids is 1. The van der Waals surface area contributed by atoms with Gasteiger partial charge >= 0.3 is 5.97 Å². The van der Waals surface area contributed by atoms with Gasteiger partial charge in [-0.2, -0.15) is 5.26 Å². The molecule has 7 heteroatoms. The van der Waals surface area contributed by atoms with E-state index in [4.69, 9.17) is 24.1 Å². The van der Waals surface area contributed by atoms with Crippen molar-refractivity contribution in [1.29, 1.82) is 5.26 Å². The number of allylic oxidation sites excluding steroid dienone is 1. The number of ether oxygens (including phenoxy) is 4. The monoisotopic (exact) mass is 383 g/mol. The molecule has 0 heterocycles. The summed E-state index contributed by atoms with van der Waals surface area (Å²) < 4.78 is 21.3. The molecule has 0 spiro atoms. The highest BCUT2D eigenvalue weighted by molar-refractivity contribution is 5.90. The summed E-state index contributed by atoms with van der Waals surface area (Å²) in [6, 6.07) is 12.4. The van der Waals surface area contributed by atoms with E-state index in [0.717, 1.165) is 0 Å². The maximum atomic E-state index is 10.7. The lowest BCUT2D eigenvalue weighted by Crippen LogP contribution is -2.10. The standard InChI is InChI=1S/C21H21NO6/c1-4-27-20-10-14(5-7-18(20)28-13-21(23)24)9-16(12-22)15-6-8-17(25-2)19(11-15)26-3/h5-11H,4,13H2,1-3H3,(H,23,24)/b16-9+. The molecule has 2 rings (SSSR count). The third-order valence-corrected chi connectivity index (χ3v) is 3.74. The van der Waals surface area contributed by atoms with E-state index in [-0.39, 0.29) is 0 Å². The summed E-state index contributed by atoms with van der Waals surface area (Å²) in [7, 11) is 3.07. The zero-order chi connectivity index (χ0) is 20.5. The Bertz CT molecular complexity index is 914. The molecule has 0 amide bonds. The lowest BCUT2D eigenvalue weighted by atomic mass is 10.0. The van der Waals surface area contributed by atoms with Crippen LogP contribution in [0.1, 0.15) is 18.1 Å². The Labute approximate surface area is 163 Å². The molecule has 7 nitrogen and oxygen atoms in total. The van der Waals surface area contributed by atoms with Crippen LogP contribution in [-0.4, -0.2) is 38.5 Å². The molecule has 2 aromatic carbocycles. The number of hydrogen-bond donors (Lipinski definition) is 1. The third kappa shape index (κ3) is 5.17. The Morgan fingerprint density at radius 1 is 1.04 bits per heavy atom. The van der Waals surface area contributed by atoms with Crippen molar-refractivity contribution in [2.75, 3.05) is 27.4 Å². The fourth-order valence-electron chi connectivity index (χ4n) is 2.49. The Morgan fingerprint density at radius 2 is 1.75 bits per heavy atom. The van der Waals surface area contributed by atoms with Crippen molar-refractivity contribution in [3.8, 4) is 29.1 Å². The van der Waals surface area contributed by atoms with E-state index >= 15 is 0 Å². The van der Waals surface area contributed by atoms with Crippen LogP contribution in [0.3, 0.4) is 0 Å². The van der Waals surface area contributed by atoms with E-state index < -0.39 is 12.6 Å². The number of nitriles is 1. The van der Waals surface area contributed by atoms with Crippen LogP contribution in [0.2, 0.25) is 0 Å².